The van der Waals surface area contributed by atoms with Crippen LogP contribution in [0.4, 0.5) is 6.01 Å². The fourth-order valence-electron chi connectivity index (χ4n) is 1.75. The third kappa shape index (κ3) is 2.45. The number of para-hydroxylation sites is 2. The minimum atomic E-state index is -0.815. The predicted octanol–water partition coefficient (Wildman–Crippen LogP) is 2.37. The average Bonchev–Trinajstić information content (AvgIpc) is 2.78. The number of aromatic nitrogens is 1. The first-order valence-electron chi connectivity index (χ1n) is 5.95. The summed E-state index contributed by atoms with van der Waals surface area (Å²) < 4.78 is 5.62. The summed E-state index contributed by atoms with van der Waals surface area (Å²) >= 11 is 0. The van der Waals surface area contributed by atoms with Crippen LogP contribution in [0.15, 0.2) is 28.7 Å². The molecule has 1 N–H and O–H groups in total. The highest BCUT2D eigenvalue weighted by atomic mass is 16.4. The van der Waals surface area contributed by atoms with Crippen LogP contribution >= 0.6 is 0 Å². The molecule has 2 rings (SSSR count). The second-order valence-corrected chi connectivity index (χ2v) is 4.24. The summed E-state index contributed by atoms with van der Waals surface area (Å²) in [6, 6.07) is 7.97. The maximum absolute atomic E-state index is 10.9. The molecule has 1 atom stereocenters. The zero-order valence-corrected chi connectivity index (χ0v) is 10.5. The normalized spacial score (nSPS) is 12.6. The lowest BCUT2D eigenvalue weighted by Crippen LogP contribution is -2.31. The molecule has 0 saturated heterocycles. The number of nitrogens with zero attached hydrogens (tertiary/aromatic N) is 2. The van der Waals surface area contributed by atoms with Crippen LogP contribution < -0.4 is 4.90 Å². The SMILES string of the molecule is CCN(CC(C)C(=O)O)c1nc2ccccc2o1. The Morgan fingerprint density at radius 2 is 2.22 bits per heavy atom. The lowest BCUT2D eigenvalue weighted by Gasteiger charge is -2.20. The van der Waals surface area contributed by atoms with Crippen molar-refractivity contribution in [3.05, 3.63) is 24.3 Å². The second-order valence-electron chi connectivity index (χ2n) is 4.24. The number of carboxylic acids is 1. The lowest BCUT2D eigenvalue weighted by molar-refractivity contribution is -0.140. The molecule has 0 aliphatic carbocycles. The van der Waals surface area contributed by atoms with Crippen molar-refractivity contribution >= 4 is 23.1 Å². The largest absolute Gasteiger partial charge is 0.481 e. The molecule has 0 radical (unpaired) electrons. The number of rotatable bonds is 5. The quantitative estimate of drug-likeness (QED) is 0.879. The molecule has 18 heavy (non-hydrogen) atoms. The molecule has 0 aliphatic heterocycles. The van der Waals surface area contributed by atoms with E-state index in [1.165, 1.54) is 0 Å². The molecular weight excluding hydrogens is 232 g/mol. The van der Waals surface area contributed by atoms with E-state index in [9.17, 15) is 4.79 Å². The van der Waals surface area contributed by atoms with Gasteiger partial charge in [-0.1, -0.05) is 19.1 Å². The summed E-state index contributed by atoms with van der Waals surface area (Å²) in [5.41, 5.74) is 1.50. The van der Waals surface area contributed by atoms with E-state index in [1.54, 1.807) is 6.92 Å². The van der Waals surface area contributed by atoms with Gasteiger partial charge in [0.15, 0.2) is 5.58 Å². The molecule has 0 aliphatic rings. The molecule has 1 aromatic carbocycles. The van der Waals surface area contributed by atoms with Crippen molar-refractivity contribution in [3.63, 3.8) is 0 Å². The zero-order valence-electron chi connectivity index (χ0n) is 10.5. The minimum Gasteiger partial charge on any atom is -0.481 e. The number of carbonyl (C=O) groups is 1. The van der Waals surface area contributed by atoms with E-state index in [1.807, 2.05) is 36.1 Å². The van der Waals surface area contributed by atoms with Crippen molar-refractivity contribution in [1.29, 1.82) is 0 Å². The van der Waals surface area contributed by atoms with Crippen LogP contribution in [0.2, 0.25) is 0 Å². The molecule has 0 saturated carbocycles. The zero-order chi connectivity index (χ0) is 13.1. The monoisotopic (exact) mass is 248 g/mol. The highest BCUT2D eigenvalue weighted by Crippen LogP contribution is 2.22. The van der Waals surface area contributed by atoms with Gasteiger partial charge in [0.25, 0.3) is 6.01 Å². The first-order valence-corrected chi connectivity index (χ1v) is 5.95. The van der Waals surface area contributed by atoms with E-state index >= 15 is 0 Å². The molecule has 0 bridgehead atoms. The van der Waals surface area contributed by atoms with Gasteiger partial charge in [0.1, 0.15) is 5.52 Å². The van der Waals surface area contributed by atoms with E-state index < -0.39 is 11.9 Å². The van der Waals surface area contributed by atoms with Gasteiger partial charge < -0.3 is 14.4 Å². The number of aliphatic carboxylic acids is 1. The fourth-order valence-corrected chi connectivity index (χ4v) is 1.75. The Hall–Kier alpha value is -2.04. The molecule has 0 spiro atoms. The van der Waals surface area contributed by atoms with Gasteiger partial charge >= 0.3 is 5.97 Å². The number of carboxylic acid groups (broad SMARTS) is 1. The summed E-state index contributed by atoms with van der Waals surface area (Å²) in [6.45, 7) is 4.67. The molecule has 0 fully saturated rings. The standard InChI is InChI=1S/C13H16N2O3/c1-3-15(8-9(2)12(16)17)13-14-10-6-4-5-7-11(10)18-13/h4-7,9H,3,8H2,1-2H3,(H,16,17). The topological polar surface area (TPSA) is 66.6 Å². The van der Waals surface area contributed by atoms with Gasteiger partial charge in [-0.05, 0) is 19.1 Å². The first-order chi connectivity index (χ1) is 8.61. The maximum Gasteiger partial charge on any atom is 0.308 e. The molecule has 5 heteroatoms. The third-order valence-electron chi connectivity index (χ3n) is 2.85. The summed E-state index contributed by atoms with van der Waals surface area (Å²) in [7, 11) is 0. The van der Waals surface area contributed by atoms with Gasteiger partial charge in [0, 0.05) is 13.1 Å². The van der Waals surface area contributed by atoms with Crippen LogP contribution in [0, 0.1) is 5.92 Å². The molecule has 96 valence electrons. The Balaban J connectivity index is 2.24. The van der Waals surface area contributed by atoms with Gasteiger partial charge in [0.2, 0.25) is 0 Å². The van der Waals surface area contributed by atoms with E-state index in [-0.39, 0.29) is 0 Å². The van der Waals surface area contributed by atoms with Crippen LogP contribution in [0.3, 0.4) is 0 Å². The fraction of sp³-hybridized carbons (Fsp3) is 0.385. The number of hydrogen-bond donors (Lipinski definition) is 1. The van der Waals surface area contributed by atoms with E-state index in [2.05, 4.69) is 4.98 Å². The molecule has 5 nitrogen and oxygen atoms in total. The summed E-state index contributed by atoms with van der Waals surface area (Å²) in [4.78, 5) is 17.1. The van der Waals surface area contributed by atoms with Gasteiger partial charge in [-0.25, -0.2) is 0 Å². The Morgan fingerprint density at radius 1 is 1.50 bits per heavy atom. The molecular formula is C13H16N2O3. The molecule has 1 heterocycles. The van der Waals surface area contributed by atoms with Crippen molar-refractivity contribution in [2.24, 2.45) is 5.92 Å². The van der Waals surface area contributed by atoms with Crippen LogP contribution in [0.1, 0.15) is 13.8 Å². The Morgan fingerprint density at radius 3 is 2.83 bits per heavy atom. The van der Waals surface area contributed by atoms with Crippen LogP contribution in [-0.4, -0.2) is 29.1 Å². The molecule has 2 aromatic rings. The predicted molar refractivity (Wildman–Crippen MR) is 68.7 cm³/mol. The number of benzene rings is 1. The average molecular weight is 248 g/mol. The van der Waals surface area contributed by atoms with Gasteiger partial charge in [-0.2, -0.15) is 4.98 Å². The van der Waals surface area contributed by atoms with E-state index in [4.69, 9.17) is 9.52 Å². The van der Waals surface area contributed by atoms with Crippen molar-refractivity contribution < 1.29 is 14.3 Å². The number of anilines is 1. The molecule has 1 aromatic heterocycles. The summed E-state index contributed by atoms with van der Waals surface area (Å²) in [5.74, 6) is -1.27. The second kappa shape index (κ2) is 5.08. The van der Waals surface area contributed by atoms with Crippen molar-refractivity contribution in [1.82, 2.24) is 4.98 Å². The van der Waals surface area contributed by atoms with Crippen LogP contribution in [-0.2, 0) is 4.79 Å². The Kier molecular flexibility index (Phi) is 3.50. The highest BCUT2D eigenvalue weighted by Gasteiger charge is 2.19. The highest BCUT2D eigenvalue weighted by molar-refractivity contribution is 5.74. The number of hydrogen-bond acceptors (Lipinski definition) is 4. The Bertz CT molecular complexity index is 517. The van der Waals surface area contributed by atoms with Gasteiger partial charge in [-0.15, -0.1) is 0 Å². The summed E-state index contributed by atoms with van der Waals surface area (Å²) in [5, 5.41) is 8.94. The van der Waals surface area contributed by atoms with Crippen molar-refractivity contribution in [3.8, 4) is 0 Å². The number of oxazole rings is 1. The maximum atomic E-state index is 10.9. The third-order valence-corrected chi connectivity index (χ3v) is 2.85. The smallest absolute Gasteiger partial charge is 0.308 e. The van der Waals surface area contributed by atoms with E-state index in [0.29, 0.717) is 24.7 Å². The van der Waals surface area contributed by atoms with Crippen LogP contribution in [0.25, 0.3) is 11.1 Å². The van der Waals surface area contributed by atoms with Crippen molar-refractivity contribution in [2.75, 3.05) is 18.0 Å². The molecule has 1 unspecified atom stereocenters. The van der Waals surface area contributed by atoms with Gasteiger partial charge in [0.05, 0.1) is 5.92 Å². The summed E-state index contributed by atoms with van der Waals surface area (Å²) in [6.07, 6.45) is 0. The minimum absolute atomic E-state index is 0.388. The van der Waals surface area contributed by atoms with Gasteiger partial charge in [-0.3, -0.25) is 4.79 Å². The van der Waals surface area contributed by atoms with E-state index in [0.717, 1.165) is 5.52 Å². The Labute approximate surface area is 105 Å². The van der Waals surface area contributed by atoms with Crippen LogP contribution in [0.5, 0.6) is 0 Å². The van der Waals surface area contributed by atoms with Crippen molar-refractivity contribution in [2.45, 2.75) is 13.8 Å². The number of fused-ring (bicyclic) bond motifs is 1. The molecule has 0 amide bonds. The lowest BCUT2D eigenvalue weighted by atomic mass is 10.2. The first kappa shape index (κ1) is 12.4.